The van der Waals surface area contributed by atoms with Crippen molar-refractivity contribution in [3.05, 3.63) is 23.8 Å². The second-order valence-electron chi connectivity index (χ2n) is 5.76. The minimum absolute atomic E-state index is 0.0635. The monoisotopic (exact) mass is 293 g/mol. The van der Waals surface area contributed by atoms with Gasteiger partial charge in [0.2, 0.25) is 0 Å². The lowest BCUT2D eigenvalue weighted by Crippen LogP contribution is -2.28. The summed E-state index contributed by atoms with van der Waals surface area (Å²) in [6.45, 7) is 8.14. The number of carbonyl (C=O) groups excluding carboxylic acids is 1. The van der Waals surface area contributed by atoms with Crippen molar-refractivity contribution in [1.82, 2.24) is 0 Å². The van der Waals surface area contributed by atoms with Gasteiger partial charge in [0, 0.05) is 23.6 Å². The van der Waals surface area contributed by atoms with Crippen molar-refractivity contribution in [2.24, 2.45) is 0 Å². The number of benzene rings is 1. The number of hydrogen-bond acceptors (Lipinski definition) is 4. The lowest BCUT2D eigenvalue weighted by molar-refractivity contribution is 0.101. The first-order valence-corrected chi connectivity index (χ1v) is 8.00. The Bertz CT molecular complexity index is 499. The Balaban J connectivity index is 2.35. The maximum absolute atomic E-state index is 12.0. The zero-order valence-electron chi connectivity index (χ0n) is 12.7. The Morgan fingerprint density at radius 3 is 2.75 bits per heavy atom. The van der Waals surface area contributed by atoms with Gasteiger partial charge in [-0.3, -0.25) is 4.79 Å². The SMILES string of the molecule is COc1cccc(N2CCSC(C)(C)CC2)c1C(C)=O. The van der Waals surface area contributed by atoms with Gasteiger partial charge in [-0.25, -0.2) is 0 Å². The fraction of sp³-hybridized carbons (Fsp3) is 0.562. The summed E-state index contributed by atoms with van der Waals surface area (Å²) in [6, 6.07) is 5.85. The van der Waals surface area contributed by atoms with Crippen LogP contribution in [0.1, 0.15) is 37.6 Å². The van der Waals surface area contributed by atoms with Crippen molar-refractivity contribution in [3.8, 4) is 5.75 Å². The normalized spacial score (nSPS) is 18.5. The van der Waals surface area contributed by atoms with Crippen LogP contribution in [0.5, 0.6) is 5.75 Å². The van der Waals surface area contributed by atoms with Crippen molar-refractivity contribution in [1.29, 1.82) is 0 Å². The molecule has 0 aromatic heterocycles. The molecule has 0 radical (unpaired) electrons. The molecule has 1 aliphatic heterocycles. The summed E-state index contributed by atoms with van der Waals surface area (Å²) in [5.41, 5.74) is 1.72. The number of nitrogens with zero attached hydrogens (tertiary/aromatic N) is 1. The van der Waals surface area contributed by atoms with Crippen molar-refractivity contribution in [3.63, 3.8) is 0 Å². The molecule has 20 heavy (non-hydrogen) atoms. The molecule has 1 saturated heterocycles. The lowest BCUT2D eigenvalue weighted by Gasteiger charge is -2.26. The molecule has 1 aromatic rings. The number of thioether (sulfide) groups is 1. The van der Waals surface area contributed by atoms with Crippen molar-refractivity contribution in [2.75, 3.05) is 30.9 Å². The Hall–Kier alpha value is -1.16. The fourth-order valence-corrected chi connectivity index (χ4v) is 3.67. The van der Waals surface area contributed by atoms with Crippen molar-refractivity contribution < 1.29 is 9.53 Å². The van der Waals surface area contributed by atoms with Gasteiger partial charge in [-0.1, -0.05) is 19.9 Å². The fourth-order valence-electron chi connectivity index (χ4n) is 2.57. The number of ether oxygens (including phenoxy) is 1. The van der Waals surface area contributed by atoms with Gasteiger partial charge in [0.1, 0.15) is 5.75 Å². The van der Waals surface area contributed by atoms with Crippen LogP contribution in [0, 0.1) is 0 Å². The van der Waals surface area contributed by atoms with E-state index in [9.17, 15) is 4.79 Å². The molecule has 0 saturated carbocycles. The first-order valence-electron chi connectivity index (χ1n) is 7.01. The van der Waals surface area contributed by atoms with E-state index in [0.29, 0.717) is 16.1 Å². The van der Waals surface area contributed by atoms with Gasteiger partial charge in [-0.2, -0.15) is 11.8 Å². The topological polar surface area (TPSA) is 29.5 Å². The molecule has 4 heteroatoms. The Kier molecular flexibility index (Phi) is 4.63. The van der Waals surface area contributed by atoms with E-state index in [1.54, 1.807) is 14.0 Å². The van der Waals surface area contributed by atoms with E-state index in [-0.39, 0.29) is 5.78 Å². The van der Waals surface area contributed by atoms with E-state index >= 15 is 0 Å². The van der Waals surface area contributed by atoms with Gasteiger partial charge in [0.05, 0.1) is 18.4 Å². The maximum Gasteiger partial charge on any atom is 0.165 e. The summed E-state index contributed by atoms with van der Waals surface area (Å²) in [6.07, 6.45) is 1.12. The van der Waals surface area contributed by atoms with Crippen molar-refractivity contribution >= 4 is 23.2 Å². The van der Waals surface area contributed by atoms with Gasteiger partial charge in [-0.15, -0.1) is 0 Å². The van der Waals surface area contributed by atoms with Crippen LogP contribution in [-0.2, 0) is 0 Å². The molecule has 1 fully saturated rings. The average molecular weight is 293 g/mol. The standard InChI is InChI=1S/C16H23NO2S/c1-12(18)15-13(6-5-7-14(15)19-4)17-9-8-16(2,3)20-11-10-17/h5-7H,8-11H2,1-4H3. The minimum atomic E-state index is 0.0635. The van der Waals surface area contributed by atoms with Gasteiger partial charge < -0.3 is 9.64 Å². The first kappa shape index (κ1) is 15.2. The Morgan fingerprint density at radius 2 is 2.10 bits per heavy atom. The second kappa shape index (κ2) is 6.08. The van der Waals surface area contributed by atoms with Gasteiger partial charge in [0.25, 0.3) is 0 Å². The van der Waals surface area contributed by atoms with Gasteiger partial charge in [-0.05, 0) is 25.5 Å². The van der Waals surface area contributed by atoms with Crippen LogP contribution < -0.4 is 9.64 Å². The summed E-state index contributed by atoms with van der Waals surface area (Å²) in [5.74, 6) is 1.82. The van der Waals surface area contributed by atoms with Crippen LogP contribution in [0.4, 0.5) is 5.69 Å². The van der Waals surface area contributed by atoms with Gasteiger partial charge in [0.15, 0.2) is 5.78 Å². The highest BCUT2D eigenvalue weighted by Crippen LogP contribution is 2.35. The molecule has 0 bridgehead atoms. The highest BCUT2D eigenvalue weighted by atomic mass is 32.2. The Morgan fingerprint density at radius 1 is 1.35 bits per heavy atom. The first-order chi connectivity index (χ1) is 9.44. The largest absolute Gasteiger partial charge is 0.496 e. The van der Waals surface area contributed by atoms with E-state index in [2.05, 4.69) is 18.7 Å². The molecular formula is C16H23NO2S. The minimum Gasteiger partial charge on any atom is -0.496 e. The van der Waals surface area contributed by atoms with Crippen molar-refractivity contribution in [2.45, 2.75) is 31.9 Å². The van der Waals surface area contributed by atoms with E-state index in [4.69, 9.17) is 4.74 Å². The van der Waals surface area contributed by atoms with Crippen LogP contribution >= 0.6 is 11.8 Å². The third-order valence-electron chi connectivity index (χ3n) is 3.75. The van der Waals surface area contributed by atoms with Gasteiger partial charge >= 0.3 is 0 Å². The molecule has 3 nitrogen and oxygen atoms in total. The van der Waals surface area contributed by atoms with Crippen LogP contribution in [0.3, 0.4) is 0 Å². The molecule has 2 rings (SSSR count). The number of hydrogen-bond donors (Lipinski definition) is 0. The van der Waals surface area contributed by atoms with E-state index < -0.39 is 0 Å². The number of methoxy groups -OCH3 is 1. The molecule has 0 spiro atoms. The Labute approximate surface area is 125 Å². The summed E-state index contributed by atoms with van der Waals surface area (Å²) in [4.78, 5) is 14.3. The van der Waals surface area contributed by atoms with Crippen LogP contribution in [-0.4, -0.2) is 36.5 Å². The smallest absolute Gasteiger partial charge is 0.165 e. The number of Topliss-reactive ketones (excluding diaryl/α,β-unsaturated/α-hetero) is 1. The van der Waals surface area contributed by atoms with E-state index in [1.807, 2.05) is 30.0 Å². The lowest BCUT2D eigenvalue weighted by atomic mass is 10.1. The zero-order chi connectivity index (χ0) is 14.8. The predicted molar refractivity (Wildman–Crippen MR) is 86.4 cm³/mol. The highest BCUT2D eigenvalue weighted by molar-refractivity contribution is 8.00. The van der Waals surface area contributed by atoms with Crippen LogP contribution in [0.25, 0.3) is 0 Å². The summed E-state index contributed by atoms with van der Waals surface area (Å²) < 4.78 is 5.67. The molecule has 1 aliphatic rings. The summed E-state index contributed by atoms with van der Waals surface area (Å²) in [7, 11) is 1.62. The molecule has 0 atom stereocenters. The highest BCUT2D eigenvalue weighted by Gasteiger charge is 2.26. The number of ketones is 1. The molecule has 1 aromatic carbocycles. The summed E-state index contributed by atoms with van der Waals surface area (Å²) in [5, 5.41) is 0. The predicted octanol–water partition coefficient (Wildman–Crippen LogP) is 3.62. The summed E-state index contributed by atoms with van der Waals surface area (Å²) >= 11 is 2.01. The average Bonchev–Trinajstić information content (AvgIpc) is 2.58. The molecule has 110 valence electrons. The van der Waals surface area contributed by atoms with E-state index in [0.717, 1.165) is 31.0 Å². The van der Waals surface area contributed by atoms with E-state index in [1.165, 1.54) is 0 Å². The quantitative estimate of drug-likeness (QED) is 0.796. The number of carbonyl (C=O) groups is 1. The third kappa shape index (κ3) is 3.29. The molecule has 0 amide bonds. The molecule has 0 unspecified atom stereocenters. The number of rotatable bonds is 3. The van der Waals surface area contributed by atoms with Crippen LogP contribution in [0.2, 0.25) is 0 Å². The maximum atomic E-state index is 12.0. The zero-order valence-corrected chi connectivity index (χ0v) is 13.5. The number of anilines is 1. The molecule has 1 heterocycles. The third-order valence-corrected chi connectivity index (χ3v) is 5.13. The van der Waals surface area contributed by atoms with Crippen LogP contribution in [0.15, 0.2) is 18.2 Å². The molecule has 0 aliphatic carbocycles. The molecule has 0 N–H and O–H groups in total. The second-order valence-corrected chi connectivity index (χ2v) is 7.56. The molecular weight excluding hydrogens is 270 g/mol.